The Morgan fingerprint density at radius 2 is 1.66 bits per heavy atom. The molecule has 0 spiro atoms. The second kappa shape index (κ2) is 14.8. The molecule has 2 fully saturated rings. The number of carbonyl (C=O) groups excluding carboxylic acids is 6. The summed E-state index contributed by atoms with van der Waals surface area (Å²) >= 11 is 0. The molecule has 3 rings (SSSR count). The summed E-state index contributed by atoms with van der Waals surface area (Å²) in [5, 5.41) is 8.07. The normalized spacial score (nSPS) is 21.0. The fourth-order valence-electron chi connectivity index (χ4n) is 6.33. The van der Waals surface area contributed by atoms with E-state index in [0.717, 1.165) is 0 Å². The second-order valence-electron chi connectivity index (χ2n) is 15.3. The number of nitrogens with zero attached hydrogens (tertiary/aromatic N) is 1. The van der Waals surface area contributed by atoms with Crippen LogP contribution in [0.1, 0.15) is 91.4 Å². The van der Waals surface area contributed by atoms with Gasteiger partial charge in [-0.1, -0.05) is 71.0 Å². The van der Waals surface area contributed by atoms with E-state index in [9.17, 15) is 28.8 Å². The Kier molecular flexibility index (Phi) is 11.8. The van der Waals surface area contributed by atoms with E-state index in [-0.39, 0.29) is 42.4 Å². The van der Waals surface area contributed by atoms with E-state index in [4.69, 9.17) is 4.74 Å². The van der Waals surface area contributed by atoms with Crippen molar-refractivity contribution in [3.63, 3.8) is 0 Å². The molecule has 2 unspecified atom stereocenters. The van der Waals surface area contributed by atoms with E-state index in [1.54, 1.807) is 51.1 Å². The molecule has 1 saturated heterocycles. The summed E-state index contributed by atoms with van der Waals surface area (Å²) in [5.74, 6) is -2.75. The molecular weight excluding hydrogens is 600 g/mol. The number of allylic oxidation sites excluding steroid dienone is 1. The molecule has 3 N–H and O–H groups in total. The van der Waals surface area contributed by atoms with Gasteiger partial charge in [0, 0.05) is 25.1 Å². The Balaban J connectivity index is 1.71. The van der Waals surface area contributed by atoms with Crippen LogP contribution < -0.4 is 16.0 Å². The van der Waals surface area contributed by atoms with Gasteiger partial charge >= 0.3 is 6.09 Å². The van der Waals surface area contributed by atoms with E-state index < -0.39 is 58.7 Å². The number of amides is 4. The van der Waals surface area contributed by atoms with E-state index in [1.807, 2.05) is 40.7 Å². The lowest BCUT2D eigenvalue weighted by molar-refractivity contribution is -0.145. The number of fused-ring (bicyclic) bond motifs is 1. The summed E-state index contributed by atoms with van der Waals surface area (Å²) in [6.07, 6.45) is 1.93. The second-order valence-corrected chi connectivity index (χ2v) is 15.3. The Morgan fingerprint density at radius 3 is 2.23 bits per heavy atom. The molecule has 258 valence electrons. The van der Waals surface area contributed by atoms with Crippen molar-refractivity contribution in [2.45, 2.75) is 105 Å². The van der Waals surface area contributed by atoms with Crippen LogP contribution in [0, 0.1) is 22.7 Å². The van der Waals surface area contributed by atoms with Crippen LogP contribution in [0.3, 0.4) is 0 Å². The van der Waals surface area contributed by atoms with Gasteiger partial charge in [0.25, 0.3) is 5.91 Å². The third kappa shape index (κ3) is 9.51. The zero-order valence-electron chi connectivity index (χ0n) is 29.1. The Morgan fingerprint density at radius 1 is 1.02 bits per heavy atom. The van der Waals surface area contributed by atoms with Gasteiger partial charge in [-0.25, -0.2) is 4.79 Å². The topological polar surface area (TPSA) is 151 Å². The number of benzene rings is 1. The van der Waals surface area contributed by atoms with Crippen LogP contribution in [0.25, 0.3) is 0 Å². The lowest BCUT2D eigenvalue weighted by Gasteiger charge is -2.38. The van der Waals surface area contributed by atoms with Gasteiger partial charge in [0.05, 0.1) is 6.04 Å². The standard InChI is InChI=1S/C36H52N4O7/c1-10-11-18-24(28(42)31(44)37-20-15-19-25(41)22-16-13-12-14-17-22)38-30(43)27-26-23(36(26,8)9)21-40(27)32(45)29(34(2,3)4)39-33(46)47-35(5,6)7/h10,12-14,16-17,23-24,26-27,29H,1,11,15,18-21H2,2-9H3,(H,37,44)(H,38,43)(H,39,46)/t23?,24?,26-,27-,29+/m0/s1. The number of ketones is 2. The summed E-state index contributed by atoms with van der Waals surface area (Å²) in [6.45, 7) is 18.9. The molecule has 1 heterocycles. The van der Waals surface area contributed by atoms with Crippen molar-refractivity contribution in [2.75, 3.05) is 13.1 Å². The minimum Gasteiger partial charge on any atom is -0.444 e. The fraction of sp³-hybridized carbons (Fsp3) is 0.611. The predicted octanol–water partition coefficient (Wildman–Crippen LogP) is 4.21. The van der Waals surface area contributed by atoms with Crippen molar-refractivity contribution >= 4 is 35.4 Å². The summed E-state index contributed by atoms with van der Waals surface area (Å²) < 4.78 is 5.42. The highest BCUT2D eigenvalue weighted by Crippen LogP contribution is 2.65. The highest BCUT2D eigenvalue weighted by atomic mass is 16.6. The first-order valence-electron chi connectivity index (χ1n) is 16.4. The zero-order valence-corrected chi connectivity index (χ0v) is 29.1. The van der Waals surface area contributed by atoms with Crippen molar-refractivity contribution in [3.05, 3.63) is 48.6 Å². The summed E-state index contributed by atoms with van der Waals surface area (Å²) in [6, 6.07) is 5.82. The summed E-state index contributed by atoms with van der Waals surface area (Å²) in [5.41, 5.74) is -1.10. The van der Waals surface area contributed by atoms with Crippen LogP contribution in [0.4, 0.5) is 4.79 Å². The van der Waals surface area contributed by atoms with E-state index in [1.165, 1.54) is 4.90 Å². The van der Waals surface area contributed by atoms with E-state index in [2.05, 4.69) is 22.5 Å². The van der Waals surface area contributed by atoms with Crippen molar-refractivity contribution in [1.29, 1.82) is 0 Å². The third-order valence-corrected chi connectivity index (χ3v) is 9.01. The number of carbonyl (C=O) groups is 6. The van der Waals surface area contributed by atoms with Gasteiger partial charge < -0.3 is 25.6 Å². The number of likely N-dealkylation sites (tertiary alicyclic amines) is 1. The van der Waals surface area contributed by atoms with Crippen molar-refractivity contribution < 1.29 is 33.5 Å². The Bertz CT molecular complexity index is 1360. The lowest BCUT2D eigenvalue weighted by Crippen LogP contribution is -2.60. The van der Waals surface area contributed by atoms with Crippen LogP contribution in [0.5, 0.6) is 0 Å². The van der Waals surface area contributed by atoms with Crippen molar-refractivity contribution in [1.82, 2.24) is 20.9 Å². The van der Waals surface area contributed by atoms with Crippen LogP contribution >= 0.6 is 0 Å². The summed E-state index contributed by atoms with van der Waals surface area (Å²) in [7, 11) is 0. The number of piperidine rings is 1. The molecular formula is C36H52N4O7. The van der Waals surface area contributed by atoms with Gasteiger partial charge in [-0.2, -0.15) is 0 Å². The molecule has 1 aliphatic heterocycles. The lowest BCUT2D eigenvalue weighted by atomic mass is 9.85. The summed E-state index contributed by atoms with van der Waals surface area (Å²) in [4.78, 5) is 80.8. The first-order valence-corrected chi connectivity index (χ1v) is 16.4. The maximum atomic E-state index is 14.1. The van der Waals surface area contributed by atoms with Gasteiger partial charge in [0.1, 0.15) is 17.7 Å². The van der Waals surface area contributed by atoms with Crippen LogP contribution in [-0.2, 0) is 23.9 Å². The number of hydrogen-bond donors (Lipinski definition) is 3. The number of rotatable bonds is 14. The molecule has 11 heteroatoms. The minimum atomic E-state index is -1.14. The molecule has 0 bridgehead atoms. The molecule has 2 aliphatic rings. The number of Topliss-reactive ketones (excluding diaryl/α,β-unsaturated/α-hetero) is 2. The molecule has 0 aromatic heterocycles. The highest BCUT2D eigenvalue weighted by molar-refractivity contribution is 6.38. The molecule has 47 heavy (non-hydrogen) atoms. The molecule has 1 aliphatic carbocycles. The molecule has 1 aromatic carbocycles. The zero-order chi connectivity index (χ0) is 35.3. The minimum absolute atomic E-state index is 0.0609. The smallest absolute Gasteiger partial charge is 0.408 e. The van der Waals surface area contributed by atoms with Gasteiger partial charge in [-0.15, -0.1) is 6.58 Å². The number of ether oxygens (including phenoxy) is 1. The largest absolute Gasteiger partial charge is 0.444 e. The van der Waals surface area contributed by atoms with E-state index in [0.29, 0.717) is 24.9 Å². The van der Waals surface area contributed by atoms with Crippen molar-refractivity contribution in [2.24, 2.45) is 22.7 Å². The average Bonchev–Trinajstić information content (AvgIpc) is 3.29. The molecule has 1 aromatic rings. The molecule has 11 nitrogen and oxygen atoms in total. The number of nitrogens with one attached hydrogen (secondary N) is 3. The Hall–Kier alpha value is -4.02. The molecule has 5 atom stereocenters. The SMILES string of the molecule is C=CCCC(NC(=O)[C@@H]1[C@@H]2C(CN1C(=O)[C@@H](NC(=O)OC(C)(C)C)C(C)(C)C)C2(C)C)C(=O)C(=O)NCCCC(=O)c1ccccc1. The Labute approximate surface area is 278 Å². The quantitative estimate of drug-likeness (QED) is 0.118. The van der Waals surface area contributed by atoms with Crippen LogP contribution in [0.2, 0.25) is 0 Å². The van der Waals surface area contributed by atoms with Crippen molar-refractivity contribution in [3.8, 4) is 0 Å². The molecule has 4 amide bonds. The highest BCUT2D eigenvalue weighted by Gasteiger charge is 2.70. The van der Waals surface area contributed by atoms with Crippen LogP contribution in [0.15, 0.2) is 43.0 Å². The van der Waals surface area contributed by atoms with Gasteiger partial charge in [-0.05, 0) is 62.7 Å². The van der Waals surface area contributed by atoms with E-state index >= 15 is 0 Å². The van der Waals surface area contributed by atoms with Gasteiger partial charge in [0.2, 0.25) is 17.6 Å². The molecule has 1 saturated carbocycles. The monoisotopic (exact) mass is 652 g/mol. The first-order chi connectivity index (χ1) is 21.8. The molecule has 0 radical (unpaired) electrons. The average molecular weight is 653 g/mol. The predicted molar refractivity (Wildman–Crippen MR) is 178 cm³/mol. The van der Waals surface area contributed by atoms with Crippen LogP contribution in [-0.4, -0.2) is 77.1 Å². The number of alkyl carbamates (subject to hydrolysis) is 1. The maximum Gasteiger partial charge on any atom is 0.408 e. The third-order valence-electron chi connectivity index (χ3n) is 9.01. The first kappa shape index (κ1) is 37.4. The number of hydrogen-bond acceptors (Lipinski definition) is 7. The fourth-order valence-corrected chi connectivity index (χ4v) is 6.33. The maximum absolute atomic E-state index is 14.1. The van der Waals surface area contributed by atoms with Gasteiger partial charge in [-0.3, -0.25) is 24.0 Å². The van der Waals surface area contributed by atoms with Gasteiger partial charge in [0.15, 0.2) is 5.78 Å².